The number of carbonyl (C=O) groups excluding carboxylic acids is 1. The number of ether oxygens (including phenoxy) is 1. The quantitative estimate of drug-likeness (QED) is 0.733. The standard InChI is InChI=1S/C21H26N2O2S/c1-25-19-11-14-23(15-12-19)18-9-7-17(8-10-18)22-21(24)13-16-26-20-5-3-2-4-6-20/h2-10,19H,11-16H2,1H3,(H,22,24). The molecule has 26 heavy (non-hydrogen) atoms. The van der Waals surface area contributed by atoms with Crippen LogP contribution in [-0.2, 0) is 9.53 Å². The summed E-state index contributed by atoms with van der Waals surface area (Å²) in [5, 5.41) is 2.98. The lowest BCUT2D eigenvalue weighted by molar-refractivity contribution is -0.115. The second kappa shape index (κ2) is 9.64. The highest BCUT2D eigenvalue weighted by atomic mass is 32.2. The van der Waals surface area contributed by atoms with Gasteiger partial charge in [0.1, 0.15) is 0 Å². The summed E-state index contributed by atoms with van der Waals surface area (Å²) in [6.45, 7) is 2.03. The zero-order chi connectivity index (χ0) is 18.2. The summed E-state index contributed by atoms with van der Waals surface area (Å²) in [6.07, 6.45) is 3.02. The van der Waals surface area contributed by atoms with E-state index in [2.05, 4.69) is 34.5 Å². The van der Waals surface area contributed by atoms with Crippen molar-refractivity contribution in [3.05, 3.63) is 54.6 Å². The number of hydrogen-bond donors (Lipinski definition) is 1. The molecule has 1 aliphatic heterocycles. The van der Waals surface area contributed by atoms with Gasteiger partial charge < -0.3 is 15.0 Å². The van der Waals surface area contributed by atoms with E-state index in [9.17, 15) is 4.79 Å². The van der Waals surface area contributed by atoms with Crippen LogP contribution in [-0.4, -0.2) is 38.0 Å². The molecule has 0 saturated carbocycles. The number of nitrogens with zero attached hydrogens (tertiary/aromatic N) is 1. The average Bonchev–Trinajstić information content (AvgIpc) is 2.69. The minimum atomic E-state index is 0.0575. The van der Waals surface area contributed by atoms with Crippen molar-refractivity contribution in [2.45, 2.75) is 30.3 Å². The third kappa shape index (κ3) is 5.51. The minimum absolute atomic E-state index is 0.0575. The molecular weight excluding hydrogens is 344 g/mol. The van der Waals surface area contributed by atoms with Crippen molar-refractivity contribution in [3.63, 3.8) is 0 Å². The van der Waals surface area contributed by atoms with Gasteiger partial charge in [-0.3, -0.25) is 4.79 Å². The Hall–Kier alpha value is -1.98. The van der Waals surface area contributed by atoms with E-state index in [1.54, 1.807) is 18.9 Å². The van der Waals surface area contributed by atoms with Gasteiger partial charge in [-0.15, -0.1) is 11.8 Å². The van der Waals surface area contributed by atoms with Crippen LogP contribution in [0.3, 0.4) is 0 Å². The molecule has 1 fully saturated rings. The van der Waals surface area contributed by atoms with Crippen molar-refractivity contribution in [1.82, 2.24) is 0 Å². The number of amides is 1. The zero-order valence-electron chi connectivity index (χ0n) is 15.2. The summed E-state index contributed by atoms with van der Waals surface area (Å²) < 4.78 is 5.42. The molecule has 1 saturated heterocycles. The van der Waals surface area contributed by atoms with Gasteiger partial charge >= 0.3 is 0 Å². The van der Waals surface area contributed by atoms with E-state index in [-0.39, 0.29) is 5.91 Å². The maximum absolute atomic E-state index is 12.1. The molecular formula is C21H26N2O2S. The highest BCUT2D eigenvalue weighted by Gasteiger charge is 2.18. The number of rotatable bonds is 7. The first kappa shape index (κ1) is 18.8. The molecule has 0 aromatic heterocycles. The van der Waals surface area contributed by atoms with Crippen LogP contribution in [0.2, 0.25) is 0 Å². The smallest absolute Gasteiger partial charge is 0.225 e. The Bertz CT molecular complexity index is 683. The Morgan fingerprint density at radius 2 is 1.81 bits per heavy atom. The topological polar surface area (TPSA) is 41.6 Å². The third-order valence-corrected chi connectivity index (χ3v) is 5.65. The monoisotopic (exact) mass is 370 g/mol. The fourth-order valence-corrected chi connectivity index (χ4v) is 3.98. The maximum atomic E-state index is 12.1. The molecule has 0 aliphatic carbocycles. The lowest BCUT2D eigenvalue weighted by atomic mass is 10.1. The van der Waals surface area contributed by atoms with Crippen LogP contribution in [0.15, 0.2) is 59.5 Å². The highest BCUT2D eigenvalue weighted by molar-refractivity contribution is 7.99. The van der Waals surface area contributed by atoms with Gasteiger partial charge in [-0.2, -0.15) is 0 Å². The van der Waals surface area contributed by atoms with Crippen LogP contribution in [0.4, 0.5) is 11.4 Å². The average molecular weight is 371 g/mol. The van der Waals surface area contributed by atoms with Crippen LogP contribution >= 0.6 is 11.8 Å². The predicted octanol–water partition coefficient (Wildman–Crippen LogP) is 4.42. The summed E-state index contributed by atoms with van der Waals surface area (Å²) in [7, 11) is 1.79. The summed E-state index contributed by atoms with van der Waals surface area (Å²) in [5.41, 5.74) is 2.06. The Morgan fingerprint density at radius 1 is 1.12 bits per heavy atom. The second-order valence-electron chi connectivity index (χ2n) is 6.43. The third-order valence-electron chi connectivity index (χ3n) is 4.63. The van der Waals surface area contributed by atoms with Gasteiger partial charge in [0.25, 0.3) is 0 Å². The molecule has 0 unspecified atom stereocenters. The molecule has 1 heterocycles. The van der Waals surface area contributed by atoms with E-state index in [0.29, 0.717) is 12.5 Å². The van der Waals surface area contributed by atoms with Gasteiger partial charge in [-0.25, -0.2) is 0 Å². The molecule has 4 nitrogen and oxygen atoms in total. The van der Waals surface area contributed by atoms with Crippen LogP contribution < -0.4 is 10.2 Å². The van der Waals surface area contributed by atoms with E-state index in [1.807, 2.05) is 30.3 Å². The molecule has 5 heteroatoms. The molecule has 1 amide bonds. The van der Waals surface area contributed by atoms with Crippen LogP contribution in [0.5, 0.6) is 0 Å². The molecule has 2 aromatic carbocycles. The minimum Gasteiger partial charge on any atom is -0.381 e. The van der Waals surface area contributed by atoms with Gasteiger partial charge in [-0.05, 0) is 49.2 Å². The molecule has 0 atom stereocenters. The first-order chi connectivity index (χ1) is 12.7. The molecule has 138 valence electrons. The largest absolute Gasteiger partial charge is 0.381 e. The molecule has 1 aliphatic rings. The van der Waals surface area contributed by atoms with E-state index in [0.717, 1.165) is 37.4 Å². The van der Waals surface area contributed by atoms with Crippen LogP contribution in [0.1, 0.15) is 19.3 Å². The van der Waals surface area contributed by atoms with Crippen molar-refractivity contribution in [2.75, 3.05) is 36.2 Å². The Morgan fingerprint density at radius 3 is 2.46 bits per heavy atom. The second-order valence-corrected chi connectivity index (χ2v) is 7.60. The fraction of sp³-hybridized carbons (Fsp3) is 0.381. The van der Waals surface area contributed by atoms with Crippen molar-refractivity contribution < 1.29 is 9.53 Å². The number of nitrogens with one attached hydrogen (secondary N) is 1. The number of methoxy groups -OCH3 is 1. The van der Waals surface area contributed by atoms with Gasteiger partial charge in [0, 0.05) is 48.6 Å². The molecule has 2 aromatic rings. The molecule has 1 N–H and O–H groups in total. The van der Waals surface area contributed by atoms with Gasteiger partial charge in [-0.1, -0.05) is 18.2 Å². The lowest BCUT2D eigenvalue weighted by Crippen LogP contribution is -2.36. The van der Waals surface area contributed by atoms with Gasteiger partial charge in [0.2, 0.25) is 5.91 Å². The van der Waals surface area contributed by atoms with Crippen molar-refractivity contribution in [3.8, 4) is 0 Å². The van der Waals surface area contributed by atoms with E-state index >= 15 is 0 Å². The molecule has 3 rings (SSSR count). The van der Waals surface area contributed by atoms with E-state index in [4.69, 9.17) is 4.74 Å². The summed E-state index contributed by atoms with van der Waals surface area (Å²) in [6, 6.07) is 18.3. The Labute approximate surface area is 159 Å². The number of thioether (sulfide) groups is 1. The first-order valence-corrected chi connectivity index (χ1v) is 10.1. The van der Waals surface area contributed by atoms with Crippen LogP contribution in [0, 0.1) is 0 Å². The number of carbonyl (C=O) groups is 1. The number of anilines is 2. The van der Waals surface area contributed by atoms with Crippen molar-refractivity contribution in [2.24, 2.45) is 0 Å². The SMILES string of the molecule is COC1CCN(c2ccc(NC(=O)CCSc3ccccc3)cc2)CC1. The van der Waals surface area contributed by atoms with Crippen molar-refractivity contribution >= 4 is 29.0 Å². The van der Waals surface area contributed by atoms with Gasteiger partial charge in [0.05, 0.1) is 6.10 Å². The van der Waals surface area contributed by atoms with Crippen molar-refractivity contribution in [1.29, 1.82) is 0 Å². The highest BCUT2D eigenvalue weighted by Crippen LogP contribution is 2.23. The lowest BCUT2D eigenvalue weighted by Gasteiger charge is -2.33. The predicted molar refractivity (Wildman–Crippen MR) is 109 cm³/mol. The summed E-state index contributed by atoms with van der Waals surface area (Å²) in [4.78, 5) is 15.7. The first-order valence-electron chi connectivity index (χ1n) is 9.10. The Kier molecular flexibility index (Phi) is 6.97. The van der Waals surface area contributed by atoms with Crippen LogP contribution in [0.25, 0.3) is 0 Å². The van der Waals surface area contributed by atoms with E-state index < -0.39 is 0 Å². The maximum Gasteiger partial charge on any atom is 0.225 e. The van der Waals surface area contributed by atoms with Gasteiger partial charge in [0.15, 0.2) is 0 Å². The number of benzene rings is 2. The Balaban J connectivity index is 1.43. The zero-order valence-corrected chi connectivity index (χ0v) is 16.0. The summed E-state index contributed by atoms with van der Waals surface area (Å²) >= 11 is 1.70. The van der Waals surface area contributed by atoms with E-state index in [1.165, 1.54) is 10.6 Å². The summed E-state index contributed by atoms with van der Waals surface area (Å²) in [5.74, 6) is 0.838. The number of piperidine rings is 1. The molecule has 0 bridgehead atoms. The molecule has 0 radical (unpaired) electrons. The molecule has 0 spiro atoms. The fourth-order valence-electron chi connectivity index (χ4n) is 3.11. The number of hydrogen-bond acceptors (Lipinski definition) is 4. The normalized spacial score (nSPS) is 15.0.